The van der Waals surface area contributed by atoms with E-state index in [2.05, 4.69) is 21.6 Å². The number of ether oxygens (including phenoxy) is 2. The van der Waals surface area contributed by atoms with E-state index in [0.29, 0.717) is 24.1 Å². The minimum absolute atomic E-state index is 0.146. The molecular formula is C26H29N5O3S. The van der Waals surface area contributed by atoms with Gasteiger partial charge >= 0.3 is 0 Å². The van der Waals surface area contributed by atoms with Crippen molar-refractivity contribution >= 4 is 17.7 Å². The molecule has 1 saturated carbocycles. The second-order valence-corrected chi connectivity index (χ2v) is 9.56. The number of hydrogen-bond donors (Lipinski definition) is 1. The minimum atomic E-state index is -0.813. The van der Waals surface area contributed by atoms with E-state index in [1.54, 1.807) is 14.0 Å². The molecule has 1 amide bonds. The first kappa shape index (κ1) is 24.8. The Hall–Kier alpha value is -3.35. The molecule has 1 aliphatic rings. The van der Waals surface area contributed by atoms with Crippen LogP contribution in [0.15, 0.2) is 59.8 Å². The van der Waals surface area contributed by atoms with Gasteiger partial charge in [-0.25, -0.2) is 0 Å². The van der Waals surface area contributed by atoms with Crippen LogP contribution in [0.25, 0.3) is 11.1 Å². The lowest BCUT2D eigenvalue weighted by atomic mass is 9.98. The summed E-state index contributed by atoms with van der Waals surface area (Å²) in [6.45, 7) is 3.02. The van der Waals surface area contributed by atoms with Crippen LogP contribution in [-0.2, 0) is 22.7 Å². The number of carbonyl (C=O) groups is 1. The summed E-state index contributed by atoms with van der Waals surface area (Å²) in [7, 11) is 1.64. The molecule has 1 atom stereocenters. The van der Waals surface area contributed by atoms with Gasteiger partial charge in [0.05, 0.1) is 18.4 Å². The predicted octanol–water partition coefficient (Wildman–Crippen LogP) is 4.07. The van der Waals surface area contributed by atoms with Crippen molar-refractivity contribution in [3.63, 3.8) is 0 Å². The van der Waals surface area contributed by atoms with Crippen molar-refractivity contribution in [3.8, 4) is 22.9 Å². The maximum Gasteiger partial charge on any atom is 0.231 e. The fraction of sp³-hybridized carbons (Fsp3) is 0.385. The molecule has 1 N–H and O–H groups in total. The van der Waals surface area contributed by atoms with Crippen molar-refractivity contribution in [1.82, 2.24) is 20.1 Å². The minimum Gasteiger partial charge on any atom is -0.485 e. The first-order chi connectivity index (χ1) is 17.0. The first-order valence-electron chi connectivity index (χ1n) is 11.6. The Morgan fingerprint density at radius 3 is 2.66 bits per heavy atom. The highest BCUT2D eigenvalue weighted by molar-refractivity contribution is 7.99. The van der Waals surface area contributed by atoms with E-state index in [-0.39, 0.29) is 24.2 Å². The number of nitriles is 1. The second-order valence-electron chi connectivity index (χ2n) is 8.62. The zero-order valence-electron chi connectivity index (χ0n) is 19.9. The van der Waals surface area contributed by atoms with Gasteiger partial charge in [-0.05, 0) is 37.3 Å². The summed E-state index contributed by atoms with van der Waals surface area (Å²) in [6, 6.07) is 20.2. The summed E-state index contributed by atoms with van der Waals surface area (Å²) in [5, 5.41) is 21.6. The number of aromatic nitrogens is 3. The average molecular weight is 492 g/mol. The lowest BCUT2D eigenvalue weighted by Crippen LogP contribution is -2.47. The Morgan fingerprint density at radius 1 is 1.20 bits per heavy atom. The average Bonchev–Trinajstić information content (AvgIpc) is 3.68. The standard InChI is InChI=1S/C26H29N5O3S/c1-26(18-27,20-12-13-20)28-24(32)17-35-25-30-29-23(31(25)14-15-33-2)16-34-22-11-7-6-10-21(22)19-8-4-3-5-9-19/h3-11,20H,12-17H2,1-2H3,(H,28,32). The van der Waals surface area contributed by atoms with Crippen LogP contribution >= 0.6 is 11.8 Å². The number of benzene rings is 2. The Morgan fingerprint density at radius 2 is 1.94 bits per heavy atom. The highest BCUT2D eigenvalue weighted by atomic mass is 32.2. The van der Waals surface area contributed by atoms with E-state index in [1.165, 1.54) is 11.8 Å². The monoisotopic (exact) mass is 491 g/mol. The molecule has 9 heteroatoms. The summed E-state index contributed by atoms with van der Waals surface area (Å²) in [6.07, 6.45) is 1.94. The molecule has 3 aromatic rings. The Kier molecular flexibility index (Phi) is 8.06. The third-order valence-corrected chi connectivity index (χ3v) is 6.97. The highest BCUT2D eigenvalue weighted by Crippen LogP contribution is 2.39. The predicted molar refractivity (Wildman–Crippen MR) is 134 cm³/mol. The van der Waals surface area contributed by atoms with Crippen LogP contribution in [0, 0.1) is 17.2 Å². The number of nitrogens with one attached hydrogen (secondary N) is 1. The molecule has 8 nitrogen and oxygen atoms in total. The van der Waals surface area contributed by atoms with Gasteiger partial charge in [-0.1, -0.05) is 60.3 Å². The SMILES string of the molecule is COCCn1c(COc2ccccc2-c2ccccc2)nnc1SCC(=O)NC(C)(C#N)C1CC1. The number of nitrogens with zero attached hydrogens (tertiary/aromatic N) is 4. The van der Waals surface area contributed by atoms with E-state index < -0.39 is 5.54 Å². The third-order valence-electron chi connectivity index (χ3n) is 6.00. The van der Waals surface area contributed by atoms with Gasteiger partial charge < -0.3 is 19.4 Å². The normalized spacial score (nSPS) is 14.7. The Labute approximate surface area is 209 Å². The van der Waals surface area contributed by atoms with Crippen molar-refractivity contribution in [2.45, 2.75) is 43.6 Å². The molecule has 35 heavy (non-hydrogen) atoms. The van der Waals surface area contributed by atoms with Crippen LogP contribution in [0.4, 0.5) is 0 Å². The van der Waals surface area contributed by atoms with Gasteiger partial charge in [-0.15, -0.1) is 10.2 Å². The zero-order valence-corrected chi connectivity index (χ0v) is 20.8. The molecule has 182 valence electrons. The van der Waals surface area contributed by atoms with E-state index in [0.717, 1.165) is 29.7 Å². The van der Waals surface area contributed by atoms with Crippen LogP contribution in [0.2, 0.25) is 0 Å². The van der Waals surface area contributed by atoms with Gasteiger partial charge in [-0.3, -0.25) is 4.79 Å². The van der Waals surface area contributed by atoms with Crippen LogP contribution in [0.1, 0.15) is 25.6 Å². The summed E-state index contributed by atoms with van der Waals surface area (Å²) in [5.41, 5.74) is 1.26. The molecular weight excluding hydrogens is 462 g/mol. The fourth-order valence-electron chi connectivity index (χ4n) is 3.87. The second kappa shape index (κ2) is 11.4. The number of thioether (sulfide) groups is 1. The molecule has 0 spiro atoms. The van der Waals surface area contributed by atoms with E-state index in [9.17, 15) is 10.1 Å². The van der Waals surface area contributed by atoms with Gasteiger partial charge in [0.15, 0.2) is 11.0 Å². The molecule has 0 radical (unpaired) electrons. The van der Waals surface area contributed by atoms with Gasteiger partial charge in [0.1, 0.15) is 17.9 Å². The van der Waals surface area contributed by atoms with Crippen molar-refractivity contribution in [3.05, 3.63) is 60.4 Å². The summed E-state index contributed by atoms with van der Waals surface area (Å²) < 4.78 is 13.3. The Bertz CT molecular complexity index is 1190. The van der Waals surface area contributed by atoms with Gasteiger partial charge in [0.2, 0.25) is 5.91 Å². The molecule has 0 aliphatic heterocycles. The Balaban J connectivity index is 1.44. The van der Waals surface area contributed by atoms with Gasteiger partial charge in [0, 0.05) is 19.2 Å². The van der Waals surface area contributed by atoms with Crippen molar-refractivity contribution in [1.29, 1.82) is 5.26 Å². The fourth-order valence-corrected chi connectivity index (χ4v) is 4.65. The smallest absolute Gasteiger partial charge is 0.231 e. The third kappa shape index (κ3) is 6.21. The number of amides is 1. The van der Waals surface area contributed by atoms with Crippen molar-refractivity contribution < 1.29 is 14.3 Å². The van der Waals surface area contributed by atoms with Crippen LogP contribution in [0.3, 0.4) is 0 Å². The number of carbonyl (C=O) groups excluding carboxylic acids is 1. The summed E-state index contributed by atoms with van der Waals surface area (Å²) >= 11 is 1.29. The van der Waals surface area contributed by atoms with Gasteiger partial charge in [0.25, 0.3) is 0 Å². The van der Waals surface area contributed by atoms with Gasteiger partial charge in [-0.2, -0.15) is 5.26 Å². The molecule has 1 aliphatic carbocycles. The maximum atomic E-state index is 12.5. The highest BCUT2D eigenvalue weighted by Gasteiger charge is 2.43. The molecule has 0 saturated heterocycles. The number of rotatable bonds is 12. The lowest BCUT2D eigenvalue weighted by Gasteiger charge is -2.22. The summed E-state index contributed by atoms with van der Waals surface area (Å²) in [5.74, 6) is 1.58. The van der Waals surface area contributed by atoms with Crippen molar-refractivity contribution in [2.75, 3.05) is 19.5 Å². The maximum absolute atomic E-state index is 12.5. The van der Waals surface area contributed by atoms with Crippen LogP contribution in [-0.4, -0.2) is 45.7 Å². The molecule has 1 unspecified atom stereocenters. The molecule has 0 bridgehead atoms. The largest absolute Gasteiger partial charge is 0.485 e. The van der Waals surface area contributed by atoms with Crippen LogP contribution in [0.5, 0.6) is 5.75 Å². The van der Waals surface area contributed by atoms with Crippen LogP contribution < -0.4 is 10.1 Å². The molecule has 1 aromatic heterocycles. The topological polar surface area (TPSA) is 102 Å². The molecule has 2 aromatic carbocycles. The number of hydrogen-bond acceptors (Lipinski definition) is 7. The molecule has 4 rings (SSSR count). The van der Waals surface area contributed by atoms with E-state index >= 15 is 0 Å². The van der Waals surface area contributed by atoms with Crippen molar-refractivity contribution in [2.24, 2.45) is 5.92 Å². The zero-order chi connectivity index (χ0) is 24.7. The first-order valence-corrected chi connectivity index (χ1v) is 12.6. The van der Waals surface area contributed by atoms with E-state index in [1.807, 2.05) is 59.2 Å². The quantitative estimate of drug-likeness (QED) is 0.381. The number of para-hydroxylation sites is 1. The number of methoxy groups -OCH3 is 1. The molecule has 1 heterocycles. The van der Waals surface area contributed by atoms with E-state index in [4.69, 9.17) is 9.47 Å². The molecule has 1 fully saturated rings. The lowest BCUT2D eigenvalue weighted by molar-refractivity contribution is -0.119. The summed E-state index contributed by atoms with van der Waals surface area (Å²) in [4.78, 5) is 12.5.